The summed E-state index contributed by atoms with van der Waals surface area (Å²) in [5.74, 6) is 0.355. The molecule has 0 N–H and O–H groups in total. The Morgan fingerprint density at radius 2 is 1.66 bits per heavy atom. The van der Waals surface area contributed by atoms with Crippen molar-refractivity contribution in [1.82, 2.24) is 14.7 Å². The van der Waals surface area contributed by atoms with E-state index in [1.165, 1.54) is 12.1 Å². The zero-order chi connectivity index (χ0) is 20.8. The fourth-order valence-electron chi connectivity index (χ4n) is 3.23. The van der Waals surface area contributed by atoms with E-state index >= 15 is 0 Å². The molecule has 1 heterocycles. The molecule has 0 saturated carbocycles. The molecule has 0 saturated heterocycles. The monoisotopic (exact) mass is 395 g/mol. The zero-order valence-electron chi connectivity index (χ0n) is 17.1. The number of aromatic nitrogens is 2. The van der Waals surface area contributed by atoms with Gasteiger partial charge in [-0.25, -0.2) is 9.07 Å². The lowest BCUT2D eigenvalue weighted by Crippen LogP contribution is -2.33. The smallest absolute Gasteiger partial charge is 0.272 e. The van der Waals surface area contributed by atoms with E-state index in [0.717, 1.165) is 29.8 Å². The van der Waals surface area contributed by atoms with E-state index in [0.29, 0.717) is 24.5 Å². The first-order valence-corrected chi connectivity index (χ1v) is 9.87. The first-order chi connectivity index (χ1) is 14.1. The molecule has 5 nitrogen and oxygen atoms in total. The third-order valence-electron chi connectivity index (χ3n) is 4.66. The van der Waals surface area contributed by atoms with E-state index in [-0.39, 0.29) is 11.7 Å². The highest BCUT2D eigenvalue weighted by Crippen LogP contribution is 2.24. The predicted octanol–water partition coefficient (Wildman–Crippen LogP) is 4.95. The number of rotatable bonds is 8. The molecule has 152 valence electrons. The molecule has 0 spiro atoms. The lowest BCUT2D eigenvalue weighted by atomic mass is 10.1. The minimum atomic E-state index is -0.309. The summed E-state index contributed by atoms with van der Waals surface area (Å²) in [6, 6.07) is 15.3. The Kier molecular flexibility index (Phi) is 6.65. The van der Waals surface area contributed by atoms with E-state index in [1.807, 2.05) is 29.2 Å². The van der Waals surface area contributed by atoms with Crippen molar-refractivity contribution in [2.75, 3.05) is 20.2 Å². The molecule has 1 aromatic heterocycles. The highest BCUT2D eigenvalue weighted by Gasteiger charge is 2.22. The predicted molar refractivity (Wildman–Crippen MR) is 112 cm³/mol. The molecule has 6 heteroatoms. The summed E-state index contributed by atoms with van der Waals surface area (Å²) in [7, 11) is 1.61. The van der Waals surface area contributed by atoms with Crippen molar-refractivity contribution in [3.05, 3.63) is 66.1 Å². The fourth-order valence-corrected chi connectivity index (χ4v) is 3.23. The first kappa shape index (κ1) is 20.6. The number of amides is 1. The van der Waals surface area contributed by atoms with Crippen molar-refractivity contribution < 1.29 is 13.9 Å². The Morgan fingerprint density at radius 3 is 2.21 bits per heavy atom. The quantitative estimate of drug-likeness (QED) is 0.542. The second-order valence-corrected chi connectivity index (χ2v) is 6.82. The van der Waals surface area contributed by atoms with Crippen LogP contribution >= 0.6 is 0 Å². The Hall–Kier alpha value is -3.15. The highest BCUT2D eigenvalue weighted by atomic mass is 19.1. The number of carbonyl (C=O) groups excluding carboxylic acids is 1. The van der Waals surface area contributed by atoms with Gasteiger partial charge in [-0.05, 0) is 67.4 Å². The molecule has 2 aromatic carbocycles. The van der Waals surface area contributed by atoms with E-state index < -0.39 is 0 Å². The van der Waals surface area contributed by atoms with Gasteiger partial charge in [-0.1, -0.05) is 13.8 Å². The third-order valence-corrected chi connectivity index (χ3v) is 4.66. The zero-order valence-corrected chi connectivity index (χ0v) is 17.1. The van der Waals surface area contributed by atoms with Crippen LogP contribution in [0.1, 0.15) is 37.2 Å². The maximum absolute atomic E-state index is 13.3. The van der Waals surface area contributed by atoms with Gasteiger partial charge in [-0.15, -0.1) is 0 Å². The average molecular weight is 395 g/mol. The number of benzene rings is 2. The molecule has 0 aliphatic carbocycles. The lowest BCUT2D eigenvalue weighted by molar-refractivity contribution is 0.0746. The van der Waals surface area contributed by atoms with Gasteiger partial charge in [0, 0.05) is 18.7 Å². The lowest BCUT2D eigenvalue weighted by Gasteiger charge is -2.21. The summed E-state index contributed by atoms with van der Waals surface area (Å²) < 4.78 is 20.2. The van der Waals surface area contributed by atoms with Gasteiger partial charge in [0.15, 0.2) is 0 Å². The number of ether oxygens (including phenoxy) is 1. The van der Waals surface area contributed by atoms with E-state index in [4.69, 9.17) is 4.74 Å². The van der Waals surface area contributed by atoms with Crippen LogP contribution in [0.5, 0.6) is 5.75 Å². The van der Waals surface area contributed by atoms with Crippen molar-refractivity contribution in [3.8, 4) is 22.7 Å². The Bertz CT molecular complexity index is 943. The van der Waals surface area contributed by atoms with Crippen molar-refractivity contribution in [2.24, 2.45) is 0 Å². The molecule has 0 bridgehead atoms. The van der Waals surface area contributed by atoms with E-state index in [2.05, 4.69) is 18.9 Å². The van der Waals surface area contributed by atoms with Crippen LogP contribution in [0, 0.1) is 5.82 Å². The van der Waals surface area contributed by atoms with Gasteiger partial charge in [0.05, 0.1) is 18.5 Å². The molecule has 3 aromatic rings. The molecule has 0 radical (unpaired) electrons. The van der Waals surface area contributed by atoms with Gasteiger partial charge in [-0.3, -0.25) is 4.79 Å². The molecule has 0 aliphatic heterocycles. The molecule has 0 atom stereocenters. The van der Waals surface area contributed by atoms with Crippen LogP contribution in [-0.2, 0) is 0 Å². The molecule has 1 amide bonds. The SMILES string of the molecule is CCCN(CCC)C(=O)c1cc(-c2ccc(F)cc2)nn1-c1ccc(OC)cc1. The van der Waals surface area contributed by atoms with Crippen LogP contribution in [-0.4, -0.2) is 40.8 Å². The molecule has 0 fully saturated rings. The summed E-state index contributed by atoms with van der Waals surface area (Å²) in [5.41, 5.74) is 2.62. The number of hydrogen-bond donors (Lipinski definition) is 0. The Labute approximate surface area is 170 Å². The normalized spacial score (nSPS) is 10.8. The van der Waals surface area contributed by atoms with Gasteiger partial charge >= 0.3 is 0 Å². The molecule has 0 aliphatic rings. The minimum Gasteiger partial charge on any atom is -0.497 e. The van der Waals surface area contributed by atoms with Crippen LogP contribution in [0.3, 0.4) is 0 Å². The molecule has 3 rings (SSSR count). The second kappa shape index (κ2) is 9.37. The fraction of sp³-hybridized carbons (Fsp3) is 0.304. The molecule has 0 unspecified atom stereocenters. The summed E-state index contributed by atoms with van der Waals surface area (Å²) in [6.45, 7) is 5.49. The summed E-state index contributed by atoms with van der Waals surface area (Å²) in [4.78, 5) is 15.2. The van der Waals surface area contributed by atoms with Crippen LogP contribution in [0.2, 0.25) is 0 Å². The number of halogens is 1. The Balaban J connectivity index is 2.08. The number of methoxy groups -OCH3 is 1. The van der Waals surface area contributed by atoms with Gasteiger partial charge in [-0.2, -0.15) is 5.10 Å². The third kappa shape index (κ3) is 4.65. The van der Waals surface area contributed by atoms with Crippen LogP contribution < -0.4 is 4.74 Å². The van der Waals surface area contributed by atoms with E-state index in [9.17, 15) is 9.18 Å². The summed E-state index contributed by atoms with van der Waals surface area (Å²) >= 11 is 0. The van der Waals surface area contributed by atoms with Gasteiger partial charge in [0.25, 0.3) is 5.91 Å². The Morgan fingerprint density at radius 1 is 1.03 bits per heavy atom. The number of nitrogens with zero attached hydrogens (tertiary/aromatic N) is 3. The van der Waals surface area contributed by atoms with Gasteiger partial charge in [0.1, 0.15) is 17.3 Å². The van der Waals surface area contributed by atoms with Crippen molar-refractivity contribution in [1.29, 1.82) is 0 Å². The molecule has 29 heavy (non-hydrogen) atoms. The molecular weight excluding hydrogens is 369 g/mol. The number of carbonyl (C=O) groups is 1. The van der Waals surface area contributed by atoms with E-state index in [1.54, 1.807) is 30.0 Å². The van der Waals surface area contributed by atoms with Crippen molar-refractivity contribution in [2.45, 2.75) is 26.7 Å². The maximum atomic E-state index is 13.3. The highest BCUT2D eigenvalue weighted by molar-refractivity contribution is 5.94. The standard InChI is InChI=1S/C23H26FN3O2/c1-4-14-26(15-5-2)23(28)22-16-21(17-6-8-18(24)9-7-17)25-27(22)19-10-12-20(29-3)13-11-19/h6-13,16H,4-5,14-15H2,1-3H3. The minimum absolute atomic E-state index is 0.0645. The van der Waals surface area contributed by atoms with Crippen LogP contribution in [0.15, 0.2) is 54.6 Å². The van der Waals surface area contributed by atoms with Crippen molar-refractivity contribution in [3.63, 3.8) is 0 Å². The second-order valence-electron chi connectivity index (χ2n) is 6.82. The van der Waals surface area contributed by atoms with Gasteiger partial charge < -0.3 is 9.64 Å². The first-order valence-electron chi connectivity index (χ1n) is 9.87. The largest absolute Gasteiger partial charge is 0.497 e. The summed E-state index contributed by atoms with van der Waals surface area (Å²) in [5, 5.41) is 4.67. The number of hydrogen-bond acceptors (Lipinski definition) is 3. The maximum Gasteiger partial charge on any atom is 0.272 e. The van der Waals surface area contributed by atoms with Crippen LogP contribution in [0.25, 0.3) is 16.9 Å². The van der Waals surface area contributed by atoms with Crippen LogP contribution in [0.4, 0.5) is 4.39 Å². The van der Waals surface area contributed by atoms with Crippen molar-refractivity contribution >= 4 is 5.91 Å². The van der Waals surface area contributed by atoms with Gasteiger partial charge in [0.2, 0.25) is 0 Å². The summed E-state index contributed by atoms with van der Waals surface area (Å²) in [6.07, 6.45) is 1.76. The topological polar surface area (TPSA) is 47.4 Å². The molecular formula is C23H26FN3O2. The average Bonchev–Trinajstić information content (AvgIpc) is 3.19.